The molecule has 0 aliphatic carbocycles. The van der Waals surface area contributed by atoms with E-state index < -0.39 is 0 Å². The molecule has 2 N–H and O–H groups in total. The van der Waals surface area contributed by atoms with Gasteiger partial charge in [-0.1, -0.05) is 17.4 Å². The number of aliphatic imine (C=N–C) groups is 1. The van der Waals surface area contributed by atoms with Gasteiger partial charge in [-0.05, 0) is 36.8 Å². The maximum atomic E-state index is 4.61. The van der Waals surface area contributed by atoms with Gasteiger partial charge in [-0.15, -0.1) is 24.8 Å². The lowest BCUT2D eigenvalue weighted by Crippen LogP contribution is -2.19. The molecule has 0 unspecified atom stereocenters. The van der Waals surface area contributed by atoms with Crippen molar-refractivity contribution < 1.29 is 0 Å². The van der Waals surface area contributed by atoms with Crippen LogP contribution >= 0.6 is 36.2 Å². The Morgan fingerprint density at radius 3 is 2.75 bits per heavy atom. The van der Waals surface area contributed by atoms with Gasteiger partial charge in [-0.25, -0.2) is 9.97 Å². The number of halogens is 2. The molecule has 2 aromatic heterocycles. The number of aromatic nitrogens is 2. The fraction of sp³-hybridized carbons (Fsp3) is 0.188. The average Bonchev–Trinajstić information content (AvgIpc) is 3.17. The number of rotatable bonds is 3. The molecule has 0 fully saturated rings. The molecule has 0 bridgehead atoms. The first-order valence-electron chi connectivity index (χ1n) is 7.17. The number of benzene rings is 1. The van der Waals surface area contributed by atoms with Crippen LogP contribution in [-0.2, 0) is 0 Å². The standard InChI is InChI=1S/C16H15N5S.2ClH/c1-10-2-5-14(19-9-10)21-16-20-12-4-3-11(8-13(12)22-16)15-17-6-7-18-15;;/h2-5,8-9H,6-7H2,1H3,(H,17,18)(H,19,20,21);2*1H. The highest BCUT2D eigenvalue weighted by molar-refractivity contribution is 7.22. The topological polar surface area (TPSA) is 62.2 Å². The second-order valence-corrected chi connectivity index (χ2v) is 6.24. The van der Waals surface area contributed by atoms with Crippen molar-refractivity contribution in [1.29, 1.82) is 0 Å². The quantitative estimate of drug-likeness (QED) is 0.721. The van der Waals surface area contributed by atoms with Crippen LogP contribution < -0.4 is 10.6 Å². The van der Waals surface area contributed by atoms with Gasteiger partial charge >= 0.3 is 0 Å². The third-order valence-corrected chi connectivity index (χ3v) is 4.42. The monoisotopic (exact) mass is 381 g/mol. The van der Waals surface area contributed by atoms with Crippen LogP contribution in [0, 0.1) is 6.92 Å². The van der Waals surface area contributed by atoms with Crippen molar-refractivity contribution in [2.24, 2.45) is 4.99 Å². The van der Waals surface area contributed by atoms with E-state index >= 15 is 0 Å². The molecule has 3 heterocycles. The number of pyridine rings is 1. The van der Waals surface area contributed by atoms with Gasteiger partial charge in [-0.3, -0.25) is 4.99 Å². The van der Waals surface area contributed by atoms with Crippen molar-refractivity contribution in [1.82, 2.24) is 15.3 Å². The summed E-state index contributed by atoms with van der Waals surface area (Å²) in [5.41, 5.74) is 3.25. The van der Waals surface area contributed by atoms with Gasteiger partial charge in [0.15, 0.2) is 5.13 Å². The number of hydrogen-bond acceptors (Lipinski definition) is 6. The lowest BCUT2D eigenvalue weighted by Gasteiger charge is -2.01. The van der Waals surface area contributed by atoms with E-state index in [4.69, 9.17) is 0 Å². The summed E-state index contributed by atoms with van der Waals surface area (Å²) in [5.74, 6) is 1.79. The summed E-state index contributed by atoms with van der Waals surface area (Å²) in [6.07, 6.45) is 1.84. The van der Waals surface area contributed by atoms with E-state index in [0.29, 0.717) is 0 Å². The summed E-state index contributed by atoms with van der Waals surface area (Å²) in [7, 11) is 0. The maximum absolute atomic E-state index is 4.61. The summed E-state index contributed by atoms with van der Waals surface area (Å²) in [5, 5.41) is 7.41. The maximum Gasteiger partial charge on any atom is 0.189 e. The zero-order valence-corrected chi connectivity index (χ0v) is 15.4. The van der Waals surface area contributed by atoms with Crippen LogP contribution in [0.5, 0.6) is 0 Å². The molecule has 24 heavy (non-hydrogen) atoms. The Labute approximate surface area is 156 Å². The highest BCUT2D eigenvalue weighted by atomic mass is 35.5. The van der Waals surface area contributed by atoms with Gasteiger partial charge in [0.2, 0.25) is 0 Å². The molecule has 8 heteroatoms. The van der Waals surface area contributed by atoms with Crippen LogP contribution in [0.1, 0.15) is 11.1 Å². The first-order valence-corrected chi connectivity index (χ1v) is 7.98. The number of thiazole rings is 1. The minimum Gasteiger partial charge on any atom is -0.368 e. The average molecular weight is 382 g/mol. The van der Waals surface area contributed by atoms with Crippen LogP contribution in [0.15, 0.2) is 41.5 Å². The van der Waals surface area contributed by atoms with E-state index in [9.17, 15) is 0 Å². The molecule has 126 valence electrons. The highest BCUT2D eigenvalue weighted by Crippen LogP contribution is 2.28. The smallest absolute Gasteiger partial charge is 0.189 e. The van der Waals surface area contributed by atoms with Crippen molar-refractivity contribution in [2.45, 2.75) is 6.92 Å². The molecule has 0 spiro atoms. The fourth-order valence-electron chi connectivity index (χ4n) is 2.37. The zero-order chi connectivity index (χ0) is 14.9. The number of nitrogens with one attached hydrogen (secondary N) is 2. The minimum absolute atomic E-state index is 0. The normalized spacial score (nSPS) is 12.8. The van der Waals surface area contributed by atoms with Gasteiger partial charge in [0, 0.05) is 18.3 Å². The summed E-state index contributed by atoms with van der Waals surface area (Å²) in [6.45, 7) is 3.79. The van der Waals surface area contributed by atoms with Crippen molar-refractivity contribution in [3.05, 3.63) is 47.7 Å². The number of anilines is 2. The Morgan fingerprint density at radius 1 is 1.17 bits per heavy atom. The Morgan fingerprint density at radius 2 is 2.04 bits per heavy atom. The van der Waals surface area contributed by atoms with Gasteiger partial charge < -0.3 is 10.6 Å². The van der Waals surface area contributed by atoms with Crippen LogP contribution in [0.25, 0.3) is 10.2 Å². The second-order valence-electron chi connectivity index (χ2n) is 5.20. The number of amidine groups is 1. The van der Waals surface area contributed by atoms with Gasteiger partial charge in [-0.2, -0.15) is 0 Å². The fourth-order valence-corrected chi connectivity index (χ4v) is 3.28. The van der Waals surface area contributed by atoms with E-state index in [-0.39, 0.29) is 24.8 Å². The second kappa shape index (κ2) is 7.79. The summed E-state index contributed by atoms with van der Waals surface area (Å²) >= 11 is 1.62. The van der Waals surface area contributed by atoms with Crippen molar-refractivity contribution in [3.8, 4) is 0 Å². The van der Waals surface area contributed by atoms with Crippen LogP contribution in [0.3, 0.4) is 0 Å². The van der Waals surface area contributed by atoms with Crippen LogP contribution in [0.2, 0.25) is 0 Å². The van der Waals surface area contributed by atoms with Crippen molar-refractivity contribution in [2.75, 3.05) is 18.4 Å². The van der Waals surface area contributed by atoms with Gasteiger partial charge in [0.05, 0.1) is 16.8 Å². The molecule has 5 nitrogen and oxygen atoms in total. The Bertz CT molecular complexity index is 861. The van der Waals surface area contributed by atoms with E-state index in [2.05, 4.69) is 37.7 Å². The number of fused-ring (bicyclic) bond motifs is 1. The zero-order valence-electron chi connectivity index (χ0n) is 12.9. The van der Waals surface area contributed by atoms with E-state index in [0.717, 1.165) is 51.2 Å². The Balaban J connectivity index is 0.00000104. The molecule has 4 rings (SSSR count). The summed E-state index contributed by atoms with van der Waals surface area (Å²) in [4.78, 5) is 13.4. The molecular formula is C16H17Cl2N5S. The van der Waals surface area contributed by atoms with Crippen LogP contribution in [0.4, 0.5) is 10.9 Å². The lowest BCUT2D eigenvalue weighted by molar-refractivity contribution is 0.960. The number of hydrogen-bond donors (Lipinski definition) is 2. The third-order valence-electron chi connectivity index (χ3n) is 3.48. The summed E-state index contributed by atoms with van der Waals surface area (Å²) in [6, 6.07) is 10.2. The number of aryl methyl sites for hydroxylation is 1. The molecule has 0 atom stereocenters. The van der Waals surface area contributed by atoms with E-state index in [1.807, 2.05) is 31.3 Å². The van der Waals surface area contributed by atoms with Gasteiger partial charge in [0.1, 0.15) is 11.7 Å². The largest absolute Gasteiger partial charge is 0.368 e. The first-order chi connectivity index (χ1) is 10.8. The molecule has 1 aliphatic rings. The molecular weight excluding hydrogens is 365 g/mol. The molecule has 0 radical (unpaired) electrons. The van der Waals surface area contributed by atoms with Crippen LogP contribution in [-0.4, -0.2) is 28.9 Å². The molecule has 3 aromatic rings. The molecule has 1 aliphatic heterocycles. The van der Waals surface area contributed by atoms with Crippen molar-refractivity contribution >= 4 is 63.2 Å². The third kappa shape index (κ3) is 3.77. The molecule has 0 saturated heterocycles. The van der Waals surface area contributed by atoms with E-state index in [1.165, 1.54) is 0 Å². The predicted molar refractivity (Wildman–Crippen MR) is 106 cm³/mol. The molecule has 0 amide bonds. The van der Waals surface area contributed by atoms with Crippen molar-refractivity contribution in [3.63, 3.8) is 0 Å². The highest BCUT2D eigenvalue weighted by Gasteiger charge is 2.11. The lowest BCUT2D eigenvalue weighted by atomic mass is 10.2. The minimum atomic E-state index is 0. The SMILES string of the molecule is Cc1ccc(Nc2nc3ccc(C4=NCCN4)cc3s2)nc1.Cl.Cl. The number of nitrogens with zero attached hydrogens (tertiary/aromatic N) is 3. The van der Waals surface area contributed by atoms with E-state index in [1.54, 1.807) is 11.3 Å². The summed E-state index contributed by atoms with van der Waals surface area (Å²) < 4.78 is 1.14. The molecule has 0 saturated carbocycles. The Kier molecular flexibility index (Phi) is 5.99. The molecule has 1 aromatic carbocycles. The Hall–Kier alpha value is -1.89. The first kappa shape index (κ1) is 18.4. The predicted octanol–water partition coefficient (Wildman–Crippen LogP) is 3.94. The van der Waals surface area contributed by atoms with Gasteiger partial charge in [0.25, 0.3) is 0 Å².